The molecule has 0 radical (unpaired) electrons. The van der Waals surface area contributed by atoms with Crippen LogP contribution in [0.3, 0.4) is 0 Å². The van der Waals surface area contributed by atoms with Crippen LogP contribution in [0.2, 0.25) is 0 Å². The van der Waals surface area contributed by atoms with Gasteiger partial charge in [0, 0.05) is 30.6 Å². The van der Waals surface area contributed by atoms with E-state index in [9.17, 15) is 19.2 Å². The quantitative estimate of drug-likeness (QED) is 0.427. The molecule has 1 unspecified atom stereocenters. The fourth-order valence-corrected chi connectivity index (χ4v) is 7.27. The zero-order valence-electron chi connectivity index (χ0n) is 20.3. The third kappa shape index (κ3) is 3.70. The summed E-state index contributed by atoms with van der Waals surface area (Å²) < 4.78 is 11.1. The van der Waals surface area contributed by atoms with Crippen LogP contribution >= 0.6 is 0 Å². The average Bonchev–Trinajstić information content (AvgIpc) is 3.05. The standard InChI is InChI=1S/C27H36O6/c1-5-6-24(31)33-27(23(30)16-32-17(2)28)14-11-22-20-8-7-18-15-19(29)9-12-25(18,3)21(20)10-13-26(22,27)4/h10,15,20,22H,5-9,11-14,16H2,1-4H3/t20?,22-,25-,26-,27-/m0/s1. The Balaban J connectivity index is 1.72. The fourth-order valence-electron chi connectivity index (χ4n) is 7.27. The van der Waals surface area contributed by atoms with Crippen LogP contribution in [0.5, 0.6) is 0 Å². The molecule has 5 atom stereocenters. The molecule has 180 valence electrons. The maximum atomic E-state index is 13.5. The maximum Gasteiger partial charge on any atom is 0.306 e. The Bertz CT molecular complexity index is 944. The van der Waals surface area contributed by atoms with E-state index in [4.69, 9.17) is 9.47 Å². The minimum atomic E-state index is -1.28. The zero-order valence-corrected chi connectivity index (χ0v) is 20.3. The highest BCUT2D eigenvalue weighted by molar-refractivity contribution is 5.93. The Morgan fingerprint density at radius 2 is 1.88 bits per heavy atom. The Hall–Kier alpha value is -2.24. The highest BCUT2D eigenvalue weighted by Gasteiger charge is 2.67. The molecule has 2 fully saturated rings. The van der Waals surface area contributed by atoms with Gasteiger partial charge in [0.25, 0.3) is 0 Å². The van der Waals surface area contributed by atoms with Crippen LogP contribution in [0.15, 0.2) is 23.3 Å². The number of ether oxygens (including phenoxy) is 2. The molecule has 6 heteroatoms. The lowest BCUT2D eigenvalue weighted by Gasteiger charge is -2.55. The van der Waals surface area contributed by atoms with Crippen molar-refractivity contribution >= 4 is 23.5 Å². The molecule has 2 saturated carbocycles. The normalized spacial score (nSPS) is 37.2. The summed E-state index contributed by atoms with van der Waals surface area (Å²) in [5.41, 5.74) is 0.724. The van der Waals surface area contributed by atoms with E-state index in [1.807, 2.05) is 13.0 Å². The minimum absolute atomic E-state index is 0.0932. The van der Waals surface area contributed by atoms with Gasteiger partial charge in [-0.15, -0.1) is 0 Å². The monoisotopic (exact) mass is 456 g/mol. The number of hydrogen-bond acceptors (Lipinski definition) is 6. The molecule has 0 aromatic heterocycles. The maximum absolute atomic E-state index is 13.5. The summed E-state index contributed by atoms with van der Waals surface area (Å²) in [5, 5.41) is 0. The van der Waals surface area contributed by atoms with Gasteiger partial charge in [0.15, 0.2) is 18.0 Å². The second-order valence-corrected chi connectivity index (χ2v) is 10.8. The van der Waals surface area contributed by atoms with Gasteiger partial charge in [-0.25, -0.2) is 0 Å². The van der Waals surface area contributed by atoms with Crippen LogP contribution in [0.1, 0.15) is 85.5 Å². The number of fused-ring (bicyclic) bond motifs is 5. The van der Waals surface area contributed by atoms with Gasteiger partial charge in [-0.05, 0) is 62.9 Å². The number of rotatable bonds is 6. The average molecular weight is 457 g/mol. The van der Waals surface area contributed by atoms with Gasteiger partial charge in [0.05, 0.1) is 0 Å². The predicted octanol–water partition coefficient (Wildman–Crippen LogP) is 4.65. The molecular formula is C27H36O6. The molecule has 0 bridgehead atoms. The first-order valence-corrected chi connectivity index (χ1v) is 12.4. The molecule has 0 aromatic rings. The molecule has 0 aliphatic heterocycles. The van der Waals surface area contributed by atoms with Crippen molar-refractivity contribution in [1.29, 1.82) is 0 Å². The second kappa shape index (κ2) is 8.52. The van der Waals surface area contributed by atoms with Crippen molar-refractivity contribution in [2.75, 3.05) is 6.61 Å². The molecule has 0 heterocycles. The second-order valence-electron chi connectivity index (χ2n) is 10.8. The number of allylic oxidation sites excluding steroid dienone is 4. The Morgan fingerprint density at radius 1 is 1.12 bits per heavy atom. The van der Waals surface area contributed by atoms with Crippen molar-refractivity contribution in [2.45, 2.75) is 91.1 Å². The number of carbonyl (C=O) groups excluding carboxylic acids is 4. The van der Waals surface area contributed by atoms with Gasteiger partial charge in [-0.2, -0.15) is 0 Å². The number of esters is 2. The van der Waals surface area contributed by atoms with Crippen LogP contribution in [-0.4, -0.2) is 35.7 Å². The van der Waals surface area contributed by atoms with Crippen LogP contribution < -0.4 is 0 Å². The lowest BCUT2D eigenvalue weighted by Crippen LogP contribution is -2.58. The summed E-state index contributed by atoms with van der Waals surface area (Å²) in [5.74, 6) is -0.473. The van der Waals surface area contributed by atoms with Crippen LogP contribution in [0.4, 0.5) is 0 Å². The third-order valence-corrected chi connectivity index (χ3v) is 9.06. The van der Waals surface area contributed by atoms with E-state index in [2.05, 4.69) is 19.9 Å². The molecule has 33 heavy (non-hydrogen) atoms. The van der Waals surface area contributed by atoms with Crippen LogP contribution in [-0.2, 0) is 28.7 Å². The van der Waals surface area contributed by atoms with Gasteiger partial charge in [0.1, 0.15) is 0 Å². The number of carbonyl (C=O) groups is 4. The van der Waals surface area contributed by atoms with Gasteiger partial charge in [0.2, 0.25) is 5.78 Å². The molecule has 0 aromatic carbocycles. The lowest BCUT2D eigenvalue weighted by atomic mass is 9.50. The molecular weight excluding hydrogens is 420 g/mol. The van der Waals surface area contributed by atoms with E-state index in [1.54, 1.807) is 0 Å². The van der Waals surface area contributed by atoms with E-state index in [0.717, 1.165) is 25.7 Å². The smallest absolute Gasteiger partial charge is 0.306 e. The topological polar surface area (TPSA) is 86.7 Å². The van der Waals surface area contributed by atoms with E-state index >= 15 is 0 Å². The molecule has 4 rings (SSSR count). The third-order valence-electron chi connectivity index (χ3n) is 9.06. The predicted molar refractivity (Wildman–Crippen MR) is 122 cm³/mol. The van der Waals surface area contributed by atoms with E-state index in [-0.39, 0.29) is 41.9 Å². The summed E-state index contributed by atoms with van der Waals surface area (Å²) in [6.07, 6.45) is 10.2. The number of hydrogen-bond donors (Lipinski definition) is 0. The van der Waals surface area contributed by atoms with Crippen LogP contribution in [0.25, 0.3) is 0 Å². The summed E-state index contributed by atoms with van der Waals surface area (Å²) in [6.45, 7) is 7.17. The first kappa shape index (κ1) is 23.9. The zero-order chi connectivity index (χ0) is 24.0. The van der Waals surface area contributed by atoms with Gasteiger partial charge >= 0.3 is 11.9 Å². The first-order valence-electron chi connectivity index (χ1n) is 12.4. The Labute approximate surface area is 196 Å². The van der Waals surface area contributed by atoms with E-state index in [1.165, 1.54) is 18.1 Å². The summed E-state index contributed by atoms with van der Waals surface area (Å²) in [4.78, 5) is 49.7. The van der Waals surface area contributed by atoms with E-state index < -0.39 is 17.0 Å². The molecule has 0 saturated heterocycles. The lowest BCUT2D eigenvalue weighted by molar-refractivity contribution is -0.186. The van der Waals surface area contributed by atoms with Crippen molar-refractivity contribution in [3.8, 4) is 0 Å². The van der Waals surface area contributed by atoms with Crippen molar-refractivity contribution < 1.29 is 28.7 Å². The molecule has 0 amide bonds. The van der Waals surface area contributed by atoms with Crippen molar-refractivity contribution in [2.24, 2.45) is 22.7 Å². The SMILES string of the molecule is CCCC(=O)O[C@]1(C(=O)COC(C)=O)CC[C@H]2C3CCC4=CC(=O)CC[C@]4(C)C3=CC[C@@]21C. The minimum Gasteiger partial charge on any atom is -0.458 e. The Kier molecular flexibility index (Phi) is 6.17. The number of ketones is 2. The molecule has 4 aliphatic rings. The van der Waals surface area contributed by atoms with Crippen LogP contribution in [0, 0.1) is 22.7 Å². The number of Topliss-reactive ketones (excluding diaryl/α,β-unsaturated/α-hetero) is 1. The molecule has 6 nitrogen and oxygen atoms in total. The first-order chi connectivity index (χ1) is 15.6. The largest absolute Gasteiger partial charge is 0.458 e. The molecule has 4 aliphatic carbocycles. The van der Waals surface area contributed by atoms with Crippen molar-refractivity contribution in [1.82, 2.24) is 0 Å². The Morgan fingerprint density at radius 3 is 2.58 bits per heavy atom. The highest BCUT2D eigenvalue weighted by atomic mass is 16.6. The highest BCUT2D eigenvalue weighted by Crippen LogP contribution is 2.66. The van der Waals surface area contributed by atoms with Crippen molar-refractivity contribution in [3.05, 3.63) is 23.3 Å². The molecule has 0 spiro atoms. The summed E-state index contributed by atoms with van der Waals surface area (Å²) in [6, 6.07) is 0. The van der Waals surface area contributed by atoms with Crippen molar-refractivity contribution in [3.63, 3.8) is 0 Å². The molecule has 0 N–H and O–H groups in total. The van der Waals surface area contributed by atoms with Gasteiger partial charge in [-0.3, -0.25) is 19.2 Å². The summed E-state index contributed by atoms with van der Waals surface area (Å²) in [7, 11) is 0. The van der Waals surface area contributed by atoms with E-state index in [0.29, 0.717) is 31.6 Å². The van der Waals surface area contributed by atoms with Gasteiger partial charge < -0.3 is 9.47 Å². The summed E-state index contributed by atoms with van der Waals surface area (Å²) >= 11 is 0. The van der Waals surface area contributed by atoms with Gasteiger partial charge in [-0.1, -0.05) is 38.0 Å². The fraction of sp³-hybridized carbons (Fsp3) is 0.704.